The van der Waals surface area contributed by atoms with Crippen molar-refractivity contribution in [3.8, 4) is 6.01 Å². The fraction of sp³-hybridized carbons (Fsp3) is 0.600. The number of anilines is 1. The number of methoxy groups -OCH3 is 2. The minimum atomic E-state index is -0.0675. The van der Waals surface area contributed by atoms with E-state index in [2.05, 4.69) is 15.3 Å². The van der Waals surface area contributed by atoms with Crippen molar-refractivity contribution in [3.05, 3.63) is 11.2 Å². The van der Waals surface area contributed by atoms with Gasteiger partial charge in [-0.3, -0.25) is 0 Å². The van der Waals surface area contributed by atoms with Gasteiger partial charge in [0, 0.05) is 13.7 Å². The van der Waals surface area contributed by atoms with E-state index < -0.39 is 0 Å². The van der Waals surface area contributed by atoms with Crippen LogP contribution in [-0.4, -0.2) is 48.5 Å². The second-order valence-corrected chi connectivity index (χ2v) is 3.77. The number of aromatic nitrogens is 2. The predicted molar refractivity (Wildman–Crippen MR) is 64.6 cm³/mol. The van der Waals surface area contributed by atoms with Crippen molar-refractivity contribution in [2.45, 2.75) is 12.5 Å². The number of ether oxygens (including phenoxy) is 2. The molecule has 0 aromatic carbocycles. The Morgan fingerprint density at radius 2 is 2.29 bits per heavy atom. The van der Waals surface area contributed by atoms with Gasteiger partial charge in [-0.1, -0.05) is 11.6 Å². The third-order valence-corrected chi connectivity index (χ3v) is 2.37. The lowest BCUT2D eigenvalue weighted by atomic mass is 10.2. The number of rotatable bonds is 7. The summed E-state index contributed by atoms with van der Waals surface area (Å²) < 4.78 is 9.94. The fourth-order valence-corrected chi connectivity index (χ4v) is 1.44. The van der Waals surface area contributed by atoms with Crippen LogP contribution in [0.1, 0.15) is 6.42 Å². The van der Waals surface area contributed by atoms with Crippen LogP contribution in [-0.2, 0) is 4.74 Å². The van der Waals surface area contributed by atoms with Crippen molar-refractivity contribution in [3.63, 3.8) is 0 Å². The van der Waals surface area contributed by atoms with Crippen LogP contribution in [0, 0.1) is 0 Å². The van der Waals surface area contributed by atoms with Crippen LogP contribution < -0.4 is 10.1 Å². The largest absolute Gasteiger partial charge is 0.467 e. The highest BCUT2D eigenvalue weighted by Crippen LogP contribution is 2.21. The van der Waals surface area contributed by atoms with Crippen molar-refractivity contribution in [1.82, 2.24) is 9.97 Å². The maximum Gasteiger partial charge on any atom is 0.318 e. The summed E-state index contributed by atoms with van der Waals surface area (Å²) in [6.45, 7) is 0.504. The highest BCUT2D eigenvalue weighted by atomic mass is 35.5. The first-order valence-corrected chi connectivity index (χ1v) is 5.52. The van der Waals surface area contributed by atoms with Crippen molar-refractivity contribution in [2.75, 3.05) is 32.8 Å². The van der Waals surface area contributed by atoms with Gasteiger partial charge in [0.25, 0.3) is 0 Å². The SMILES string of the molecule is COCC(CCO)Nc1nc(OC)ncc1Cl. The van der Waals surface area contributed by atoms with E-state index >= 15 is 0 Å². The Hall–Kier alpha value is -1.11. The van der Waals surface area contributed by atoms with Gasteiger partial charge in [0.05, 0.1) is 26.0 Å². The summed E-state index contributed by atoms with van der Waals surface area (Å²) in [6.07, 6.45) is 2.00. The molecule has 0 spiro atoms. The van der Waals surface area contributed by atoms with Gasteiger partial charge >= 0.3 is 6.01 Å². The lowest BCUT2D eigenvalue weighted by molar-refractivity contribution is 0.170. The number of nitrogens with zero attached hydrogens (tertiary/aromatic N) is 2. The molecule has 0 saturated carbocycles. The molecule has 1 heterocycles. The van der Waals surface area contributed by atoms with Crippen LogP contribution in [0.5, 0.6) is 6.01 Å². The highest BCUT2D eigenvalue weighted by Gasteiger charge is 2.12. The van der Waals surface area contributed by atoms with Gasteiger partial charge in [-0.15, -0.1) is 0 Å². The predicted octanol–water partition coefficient (Wildman–Crippen LogP) is 0.948. The summed E-state index contributed by atoms with van der Waals surface area (Å²) >= 11 is 5.95. The third-order valence-electron chi connectivity index (χ3n) is 2.09. The molecule has 0 fully saturated rings. The quantitative estimate of drug-likeness (QED) is 0.761. The van der Waals surface area contributed by atoms with E-state index in [9.17, 15) is 0 Å². The molecule has 7 heteroatoms. The first-order chi connectivity index (χ1) is 8.21. The summed E-state index contributed by atoms with van der Waals surface area (Å²) in [6, 6.07) is 0.166. The Labute approximate surface area is 105 Å². The molecule has 0 radical (unpaired) electrons. The molecule has 1 atom stereocenters. The molecule has 1 unspecified atom stereocenters. The van der Waals surface area contributed by atoms with Gasteiger partial charge in [0.1, 0.15) is 5.02 Å². The van der Waals surface area contributed by atoms with Gasteiger partial charge in [0.2, 0.25) is 0 Å². The second-order valence-electron chi connectivity index (χ2n) is 3.36. The normalized spacial score (nSPS) is 12.2. The third kappa shape index (κ3) is 4.33. The number of halogens is 1. The topological polar surface area (TPSA) is 76.5 Å². The molecule has 1 aromatic heterocycles. The van der Waals surface area contributed by atoms with Crippen molar-refractivity contribution < 1.29 is 14.6 Å². The molecule has 0 bridgehead atoms. The number of aliphatic hydroxyl groups is 1. The van der Waals surface area contributed by atoms with Crippen LogP contribution >= 0.6 is 11.6 Å². The van der Waals surface area contributed by atoms with Gasteiger partial charge in [-0.2, -0.15) is 4.98 Å². The van der Waals surface area contributed by atoms with E-state index in [4.69, 9.17) is 26.2 Å². The molecule has 1 aromatic rings. The molecule has 96 valence electrons. The second kappa shape index (κ2) is 7.26. The lowest BCUT2D eigenvalue weighted by Crippen LogP contribution is -2.26. The molecule has 0 saturated heterocycles. The number of hydrogen-bond acceptors (Lipinski definition) is 6. The summed E-state index contributed by atoms with van der Waals surface area (Å²) in [5.41, 5.74) is 0. The van der Waals surface area contributed by atoms with Crippen LogP contribution in [0.2, 0.25) is 5.02 Å². The van der Waals surface area contributed by atoms with E-state index in [1.165, 1.54) is 13.3 Å². The lowest BCUT2D eigenvalue weighted by Gasteiger charge is -2.18. The zero-order chi connectivity index (χ0) is 12.7. The average Bonchev–Trinajstić information content (AvgIpc) is 2.32. The maximum atomic E-state index is 8.93. The van der Waals surface area contributed by atoms with Crippen LogP contribution in [0.25, 0.3) is 0 Å². The van der Waals surface area contributed by atoms with E-state index in [0.29, 0.717) is 23.9 Å². The Balaban J connectivity index is 2.76. The molecule has 0 aliphatic carbocycles. The monoisotopic (exact) mass is 261 g/mol. The van der Waals surface area contributed by atoms with E-state index in [-0.39, 0.29) is 18.7 Å². The first kappa shape index (κ1) is 14.0. The van der Waals surface area contributed by atoms with Crippen molar-refractivity contribution in [2.24, 2.45) is 0 Å². The van der Waals surface area contributed by atoms with E-state index in [0.717, 1.165) is 0 Å². The van der Waals surface area contributed by atoms with Crippen molar-refractivity contribution in [1.29, 1.82) is 0 Å². The molecular formula is C10H16ClN3O3. The van der Waals surface area contributed by atoms with Gasteiger partial charge < -0.3 is 19.9 Å². The zero-order valence-corrected chi connectivity index (χ0v) is 10.6. The molecule has 0 aliphatic heterocycles. The van der Waals surface area contributed by atoms with Crippen LogP contribution in [0.3, 0.4) is 0 Å². The highest BCUT2D eigenvalue weighted by molar-refractivity contribution is 6.32. The minimum absolute atomic E-state index is 0.0564. The molecular weight excluding hydrogens is 246 g/mol. The number of nitrogens with one attached hydrogen (secondary N) is 1. The summed E-state index contributed by atoms with van der Waals surface area (Å²) in [5, 5.41) is 12.4. The zero-order valence-electron chi connectivity index (χ0n) is 9.81. The van der Waals surface area contributed by atoms with Crippen LogP contribution in [0.15, 0.2) is 6.20 Å². The number of aliphatic hydroxyl groups excluding tert-OH is 1. The number of hydrogen-bond donors (Lipinski definition) is 2. The van der Waals surface area contributed by atoms with E-state index in [1.807, 2.05) is 0 Å². The molecule has 6 nitrogen and oxygen atoms in total. The Morgan fingerprint density at radius 1 is 1.53 bits per heavy atom. The molecule has 1 rings (SSSR count). The summed E-state index contributed by atoms with van der Waals surface area (Å²) in [7, 11) is 3.07. The Kier molecular flexibility index (Phi) is 5.96. The van der Waals surface area contributed by atoms with Gasteiger partial charge in [-0.05, 0) is 6.42 Å². The first-order valence-electron chi connectivity index (χ1n) is 5.14. The van der Waals surface area contributed by atoms with Crippen molar-refractivity contribution >= 4 is 17.4 Å². The fourth-order valence-electron chi connectivity index (χ4n) is 1.30. The Bertz CT molecular complexity index is 346. The maximum absolute atomic E-state index is 8.93. The average molecular weight is 262 g/mol. The molecule has 17 heavy (non-hydrogen) atoms. The smallest absolute Gasteiger partial charge is 0.318 e. The molecule has 2 N–H and O–H groups in total. The van der Waals surface area contributed by atoms with E-state index in [1.54, 1.807) is 7.11 Å². The van der Waals surface area contributed by atoms with Gasteiger partial charge in [-0.25, -0.2) is 4.98 Å². The Morgan fingerprint density at radius 3 is 2.88 bits per heavy atom. The van der Waals surface area contributed by atoms with Crippen LogP contribution in [0.4, 0.5) is 5.82 Å². The summed E-state index contributed by atoms with van der Waals surface area (Å²) in [5.74, 6) is 0.467. The molecule has 0 aliphatic rings. The minimum Gasteiger partial charge on any atom is -0.467 e. The summed E-state index contributed by atoms with van der Waals surface area (Å²) in [4.78, 5) is 7.95. The van der Waals surface area contributed by atoms with Gasteiger partial charge in [0.15, 0.2) is 5.82 Å². The molecule has 0 amide bonds. The standard InChI is InChI=1S/C10H16ClN3O3/c1-16-6-7(3-4-15)13-9-8(11)5-12-10(14-9)17-2/h5,7,15H,3-4,6H2,1-2H3,(H,12,13,14).